The van der Waals surface area contributed by atoms with E-state index in [4.69, 9.17) is 0 Å². The molecule has 4 amide bonds. The number of rotatable bonds is 5. The van der Waals surface area contributed by atoms with E-state index in [1.807, 2.05) is 6.92 Å². The van der Waals surface area contributed by atoms with Crippen molar-refractivity contribution in [3.63, 3.8) is 0 Å². The van der Waals surface area contributed by atoms with Crippen molar-refractivity contribution in [3.8, 4) is 0 Å². The van der Waals surface area contributed by atoms with Crippen LogP contribution in [0.2, 0.25) is 0 Å². The molecule has 0 atom stereocenters. The average Bonchev–Trinajstić information content (AvgIpc) is 3.18. The van der Waals surface area contributed by atoms with Gasteiger partial charge in [-0.25, -0.2) is 4.79 Å². The van der Waals surface area contributed by atoms with Gasteiger partial charge in [0.2, 0.25) is 5.91 Å². The second kappa shape index (κ2) is 6.10. The first-order chi connectivity index (χ1) is 9.08. The molecule has 0 bridgehead atoms. The highest BCUT2D eigenvalue weighted by Crippen LogP contribution is 2.35. The van der Waals surface area contributed by atoms with Crippen LogP contribution in [0.15, 0.2) is 11.8 Å². The lowest BCUT2D eigenvalue weighted by molar-refractivity contribution is -0.124. The van der Waals surface area contributed by atoms with E-state index in [0.717, 1.165) is 16.7 Å². The van der Waals surface area contributed by atoms with Crippen LogP contribution in [0.3, 0.4) is 0 Å². The Morgan fingerprint density at radius 2 is 2.21 bits per heavy atom. The summed E-state index contributed by atoms with van der Waals surface area (Å²) in [5.74, 6) is 0.632. The smallest absolute Gasteiger partial charge is 0.318 e. The van der Waals surface area contributed by atoms with Crippen LogP contribution in [-0.4, -0.2) is 40.9 Å². The van der Waals surface area contributed by atoms with Gasteiger partial charge in [0.25, 0.3) is 5.24 Å². The fourth-order valence-electron chi connectivity index (χ4n) is 1.77. The molecule has 1 aliphatic carbocycles. The predicted molar refractivity (Wildman–Crippen MR) is 72.6 cm³/mol. The molecule has 0 aromatic heterocycles. The minimum atomic E-state index is -0.313. The van der Waals surface area contributed by atoms with E-state index in [2.05, 4.69) is 10.6 Å². The Morgan fingerprint density at radius 3 is 2.79 bits per heavy atom. The Labute approximate surface area is 116 Å². The largest absolute Gasteiger partial charge is 0.336 e. The van der Waals surface area contributed by atoms with Crippen LogP contribution in [0.5, 0.6) is 0 Å². The summed E-state index contributed by atoms with van der Waals surface area (Å²) in [6, 6.07) is -0.313. The summed E-state index contributed by atoms with van der Waals surface area (Å²) < 4.78 is 0. The molecule has 7 heteroatoms. The maximum atomic E-state index is 11.5. The van der Waals surface area contributed by atoms with Gasteiger partial charge in [-0.3, -0.25) is 14.5 Å². The Kier molecular flexibility index (Phi) is 4.47. The third kappa shape index (κ3) is 3.99. The van der Waals surface area contributed by atoms with Gasteiger partial charge >= 0.3 is 6.03 Å². The highest BCUT2D eigenvalue weighted by molar-refractivity contribution is 8.14. The molecule has 104 valence electrons. The van der Waals surface area contributed by atoms with Crippen LogP contribution >= 0.6 is 11.8 Å². The van der Waals surface area contributed by atoms with Crippen LogP contribution in [0.4, 0.5) is 9.59 Å². The zero-order valence-corrected chi connectivity index (χ0v) is 11.6. The zero-order chi connectivity index (χ0) is 13.8. The van der Waals surface area contributed by atoms with E-state index in [1.54, 1.807) is 6.20 Å². The van der Waals surface area contributed by atoms with Crippen LogP contribution < -0.4 is 10.6 Å². The summed E-state index contributed by atoms with van der Waals surface area (Å²) in [4.78, 5) is 35.2. The zero-order valence-electron chi connectivity index (χ0n) is 10.8. The number of urea groups is 1. The van der Waals surface area contributed by atoms with Gasteiger partial charge in [0.1, 0.15) is 0 Å². The molecule has 0 aromatic carbocycles. The molecule has 6 nitrogen and oxygen atoms in total. The van der Waals surface area contributed by atoms with Gasteiger partial charge in [-0.05, 0) is 25.7 Å². The number of nitrogens with zero attached hydrogens (tertiary/aromatic N) is 1. The first kappa shape index (κ1) is 13.9. The number of hydrogen-bond acceptors (Lipinski definition) is 4. The molecule has 1 saturated heterocycles. The lowest BCUT2D eigenvalue weighted by Crippen LogP contribution is -2.40. The van der Waals surface area contributed by atoms with Gasteiger partial charge in [0.05, 0.1) is 5.75 Å². The maximum Gasteiger partial charge on any atom is 0.318 e. The van der Waals surface area contributed by atoms with Crippen molar-refractivity contribution in [3.05, 3.63) is 11.8 Å². The molecule has 1 saturated carbocycles. The highest BCUT2D eigenvalue weighted by Gasteiger charge is 2.29. The number of thioether (sulfide) groups is 1. The van der Waals surface area contributed by atoms with E-state index in [0.29, 0.717) is 5.92 Å². The monoisotopic (exact) mass is 283 g/mol. The van der Waals surface area contributed by atoms with Crippen molar-refractivity contribution >= 4 is 28.9 Å². The summed E-state index contributed by atoms with van der Waals surface area (Å²) in [6.07, 6.45) is 4.11. The van der Waals surface area contributed by atoms with Gasteiger partial charge in [-0.2, -0.15) is 0 Å². The Morgan fingerprint density at radius 1 is 1.47 bits per heavy atom. The van der Waals surface area contributed by atoms with E-state index >= 15 is 0 Å². The lowest BCUT2D eigenvalue weighted by atomic mass is 10.2. The van der Waals surface area contributed by atoms with Crippen molar-refractivity contribution in [2.75, 3.05) is 18.8 Å². The number of carbonyl (C=O) groups is 3. The van der Waals surface area contributed by atoms with E-state index < -0.39 is 0 Å². The van der Waals surface area contributed by atoms with Gasteiger partial charge in [-0.1, -0.05) is 17.3 Å². The van der Waals surface area contributed by atoms with Crippen LogP contribution in [0.1, 0.15) is 19.8 Å². The highest BCUT2D eigenvalue weighted by atomic mass is 32.2. The molecule has 2 aliphatic rings. The number of nitrogens with one attached hydrogen (secondary N) is 2. The van der Waals surface area contributed by atoms with E-state index in [1.165, 1.54) is 18.4 Å². The maximum absolute atomic E-state index is 11.5. The van der Waals surface area contributed by atoms with Crippen LogP contribution in [0, 0.1) is 5.92 Å². The quantitative estimate of drug-likeness (QED) is 0.797. The standard InChI is InChI=1S/C12H17N3O3S/c1-8(9-2-3-9)6-14-11(17)13-4-5-15-10(16)7-19-12(15)18/h6,9H,2-5,7H2,1H3,(H2,13,14,17)/b8-6+. The van der Waals surface area contributed by atoms with Crippen molar-refractivity contribution < 1.29 is 14.4 Å². The van der Waals surface area contributed by atoms with Crippen LogP contribution in [0.25, 0.3) is 0 Å². The fraction of sp³-hybridized carbons (Fsp3) is 0.583. The molecule has 1 heterocycles. The normalized spacial score (nSPS) is 19.8. The molecule has 2 fully saturated rings. The molecule has 1 aliphatic heterocycles. The number of allylic oxidation sites excluding steroid dienone is 1. The fourth-order valence-corrected chi connectivity index (χ4v) is 2.52. The second-order valence-corrected chi connectivity index (χ2v) is 5.59. The van der Waals surface area contributed by atoms with Crippen molar-refractivity contribution in [2.24, 2.45) is 5.92 Å². The molecule has 0 aromatic rings. The summed E-state index contributed by atoms with van der Waals surface area (Å²) in [5.41, 5.74) is 1.18. The van der Waals surface area contributed by atoms with Gasteiger partial charge in [-0.15, -0.1) is 0 Å². The molecule has 2 N–H and O–H groups in total. The number of amides is 4. The van der Waals surface area contributed by atoms with Crippen LogP contribution in [-0.2, 0) is 4.79 Å². The third-order valence-corrected chi connectivity index (χ3v) is 3.97. The summed E-state index contributed by atoms with van der Waals surface area (Å²) in [5, 5.41) is 5.02. The average molecular weight is 283 g/mol. The molecule has 2 rings (SSSR count). The van der Waals surface area contributed by atoms with Gasteiger partial charge < -0.3 is 10.6 Å². The molecule has 0 radical (unpaired) electrons. The summed E-state index contributed by atoms with van der Waals surface area (Å²) in [7, 11) is 0. The Bertz CT molecular complexity index is 416. The molecule has 0 unspecified atom stereocenters. The number of carbonyl (C=O) groups excluding carboxylic acids is 3. The molecular weight excluding hydrogens is 266 g/mol. The SMILES string of the molecule is C/C(=C\NC(=O)NCCN1C(=O)CSC1=O)C1CC1. The minimum Gasteiger partial charge on any atom is -0.336 e. The van der Waals surface area contributed by atoms with Crippen molar-refractivity contribution in [1.29, 1.82) is 0 Å². The lowest BCUT2D eigenvalue weighted by Gasteiger charge is -2.13. The van der Waals surface area contributed by atoms with E-state index in [-0.39, 0.29) is 36.0 Å². The molecular formula is C12H17N3O3S. The summed E-state index contributed by atoms with van der Waals surface area (Å²) >= 11 is 0.996. The molecule has 0 spiro atoms. The predicted octanol–water partition coefficient (Wildman–Crippen LogP) is 1.29. The minimum absolute atomic E-state index is 0.193. The van der Waals surface area contributed by atoms with Crippen molar-refractivity contribution in [1.82, 2.24) is 15.5 Å². The number of hydrogen-bond donors (Lipinski definition) is 2. The van der Waals surface area contributed by atoms with Gasteiger partial charge in [0.15, 0.2) is 0 Å². The second-order valence-electron chi connectivity index (χ2n) is 4.66. The third-order valence-electron chi connectivity index (χ3n) is 3.11. The summed E-state index contributed by atoms with van der Waals surface area (Å²) in [6.45, 7) is 2.49. The first-order valence-electron chi connectivity index (χ1n) is 6.26. The van der Waals surface area contributed by atoms with E-state index in [9.17, 15) is 14.4 Å². The Hall–Kier alpha value is -1.50. The first-order valence-corrected chi connectivity index (χ1v) is 7.24. The van der Waals surface area contributed by atoms with Crippen molar-refractivity contribution in [2.45, 2.75) is 19.8 Å². The topological polar surface area (TPSA) is 78.5 Å². The molecule has 19 heavy (non-hydrogen) atoms. The Balaban J connectivity index is 1.65. The van der Waals surface area contributed by atoms with Gasteiger partial charge in [0, 0.05) is 19.3 Å². The number of imide groups is 1.